The SMILES string of the molecule is CC(C)n1cc(CCC(=O)NC2CC(C)(C)NC(C)(C)C2)c2ccccc21. The highest BCUT2D eigenvalue weighted by molar-refractivity contribution is 5.85. The van der Waals surface area contributed by atoms with Gasteiger partial charge in [-0.15, -0.1) is 0 Å². The molecule has 0 aliphatic carbocycles. The van der Waals surface area contributed by atoms with Crippen LogP contribution in [0.1, 0.15) is 72.4 Å². The summed E-state index contributed by atoms with van der Waals surface area (Å²) in [5, 5.41) is 8.23. The zero-order valence-electron chi connectivity index (χ0n) is 17.7. The Bertz CT molecular complexity index is 800. The smallest absolute Gasteiger partial charge is 0.220 e. The quantitative estimate of drug-likeness (QED) is 0.810. The van der Waals surface area contributed by atoms with Gasteiger partial charge >= 0.3 is 0 Å². The third-order valence-corrected chi connectivity index (χ3v) is 5.56. The Hall–Kier alpha value is -1.81. The van der Waals surface area contributed by atoms with E-state index in [4.69, 9.17) is 0 Å². The number of para-hydroxylation sites is 1. The van der Waals surface area contributed by atoms with Crippen LogP contribution in [0.4, 0.5) is 0 Å². The first kappa shape index (κ1) is 19.9. The number of aromatic nitrogens is 1. The molecule has 4 nitrogen and oxygen atoms in total. The second kappa shape index (κ2) is 7.31. The zero-order valence-corrected chi connectivity index (χ0v) is 17.7. The molecule has 4 heteroatoms. The summed E-state index contributed by atoms with van der Waals surface area (Å²) in [7, 11) is 0. The normalized spacial score (nSPS) is 19.5. The van der Waals surface area contributed by atoms with E-state index in [1.54, 1.807) is 0 Å². The molecular weight excluding hydrogens is 334 g/mol. The van der Waals surface area contributed by atoms with Crippen LogP contribution in [-0.4, -0.2) is 27.6 Å². The Morgan fingerprint density at radius 2 is 1.81 bits per heavy atom. The Morgan fingerprint density at radius 3 is 2.44 bits per heavy atom. The third-order valence-electron chi connectivity index (χ3n) is 5.56. The van der Waals surface area contributed by atoms with Gasteiger partial charge in [0.1, 0.15) is 0 Å². The average Bonchev–Trinajstić information content (AvgIpc) is 2.89. The van der Waals surface area contributed by atoms with E-state index < -0.39 is 0 Å². The Morgan fingerprint density at radius 1 is 1.19 bits per heavy atom. The van der Waals surface area contributed by atoms with Gasteiger partial charge in [-0.2, -0.15) is 0 Å². The summed E-state index contributed by atoms with van der Waals surface area (Å²) in [6.07, 6.45) is 5.48. The number of nitrogens with one attached hydrogen (secondary N) is 2. The molecule has 1 fully saturated rings. The molecule has 1 aromatic carbocycles. The molecule has 1 aliphatic heterocycles. The van der Waals surface area contributed by atoms with Gasteiger partial charge in [-0.05, 0) is 72.4 Å². The molecule has 0 unspecified atom stereocenters. The summed E-state index contributed by atoms with van der Waals surface area (Å²) < 4.78 is 2.31. The van der Waals surface area contributed by atoms with Gasteiger partial charge in [0.2, 0.25) is 5.91 Å². The largest absolute Gasteiger partial charge is 0.353 e. The first-order valence-electron chi connectivity index (χ1n) is 10.2. The maximum atomic E-state index is 12.6. The molecule has 3 rings (SSSR count). The van der Waals surface area contributed by atoms with Crippen molar-refractivity contribution in [1.82, 2.24) is 15.2 Å². The number of benzene rings is 1. The molecule has 0 atom stereocenters. The lowest BCUT2D eigenvalue weighted by Crippen LogP contribution is -2.62. The molecule has 1 aliphatic rings. The monoisotopic (exact) mass is 369 g/mol. The lowest BCUT2D eigenvalue weighted by Gasteiger charge is -2.46. The standard InChI is InChI=1S/C23H35N3O/c1-16(2)26-15-17(19-9-7-8-10-20(19)26)11-12-21(27)24-18-13-22(3,4)25-23(5,6)14-18/h7-10,15-16,18,25H,11-14H2,1-6H3,(H,24,27). The summed E-state index contributed by atoms with van der Waals surface area (Å²) in [5.41, 5.74) is 2.61. The minimum Gasteiger partial charge on any atom is -0.353 e. The topological polar surface area (TPSA) is 46.1 Å². The minimum atomic E-state index is 0.0460. The number of rotatable bonds is 5. The Balaban J connectivity index is 1.65. The number of carbonyl (C=O) groups excluding carboxylic acids is 1. The van der Waals surface area contributed by atoms with Crippen molar-refractivity contribution in [3.05, 3.63) is 36.0 Å². The van der Waals surface area contributed by atoms with E-state index in [9.17, 15) is 4.79 Å². The summed E-state index contributed by atoms with van der Waals surface area (Å²) in [6, 6.07) is 9.14. The number of fused-ring (bicyclic) bond motifs is 1. The highest BCUT2D eigenvalue weighted by atomic mass is 16.1. The molecule has 1 amide bonds. The van der Waals surface area contributed by atoms with Crippen molar-refractivity contribution < 1.29 is 4.79 Å². The van der Waals surface area contributed by atoms with E-state index in [1.165, 1.54) is 16.5 Å². The first-order chi connectivity index (χ1) is 12.6. The van der Waals surface area contributed by atoms with E-state index in [-0.39, 0.29) is 23.0 Å². The van der Waals surface area contributed by atoms with Crippen LogP contribution in [0.3, 0.4) is 0 Å². The van der Waals surface area contributed by atoms with Crippen LogP contribution in [-0.2, 0) is 11.2 Å². The summed E-state index contributed by atoms with van der Waals surface area (Å²) in [6.45, 7) is 13.3. The molecule has 2 N–H and O–H groups in total. The highest BCUT2D eigenvalue weighted by Crippen LogP contribution is 2.29. The molecule has 2 heterocycles. The van der Waals surface area contributed by atoms with Crippen molar-refractivity contribution in [2.24, 2.45) is 0 Å². The fourth-order valence-corrected chi connectivity index (χ4v) is 4.88. The summed E-state index contributed by atoms with van der Waals surface area (Å²) in [4.78, 5) is 12.6. The Labute approximate surface area is 163 Å². The van der Waals surface area contributed by atoms with Crippen LogP contribution < -0.4 is 10.6 Å². The molecule has 0 spiro atoms. The van der Waals surface area contributed by atoms with Crippen LogP contribution >= 0.6 is 0 Å². The van der Waals surface area contributed by atoms with E-state index in [0.29, 0.717) is 12.5 Å². The van der Waals surface area contributed by atoms with Gasteiger partial charge in [-0.1, -0.05) is 18.2 Å². The number of aryl methyl sites for hydroxylation is 1. The van der Waals surface area contributed by atoms with Crippen LogP contribution in [0.15, 0.2) is 30.5 Å². The van der Waals surface area contributed by atoms with Crippen molar-refractivity contribution in [3.8, 4) is 0 Å². The molecule has 27 heavy (non-hydrogen) atoms. The van der Waals surface area contributed by atoms with Gasteiger partial charge in [0.05, 0.1) is 0 Å². The van der Waals surface area contributed by atoms with Gasteiger partial charge in [-0.25, -0.2) is 0 Å². The van der Waals surface area contributed by atoms with Gasteiger partial charge < -0.3 is 15.2 Å². The van der Waals surface area contributed by atoms with Gasteiger partial charge in [0.15, 0.2) is 0 Å². The second-order valence-corrected chi connectivity index (χ2v) is 9.74. The van der Waals surface area contributed by atoms with Crippen molar-refractivity contribution in [3.63, 3.8) is 0 Å². The van der Waals surface area contributed by atoms with Crippen molar-refractivity contribution in [2.75, 3.05) is 0 Å². The molecule has 0 radical (unpaired) electrons. The number of amides is 1. The second-order valence-electron chi connectivity index (χ2n) is 9.74. The zero-order chi connectivity index (χ0) is 19.8. The molecular formula is C23H35N3O. The molecule has 0 saturated carbocycles. The molecule has 0 bridgehead atoms. The van der Waals surface area contributed by atoms with Crippen molar-refractivity contribution in [1.29, 1.82) is 0 Å². The summed E-state index contributed by atoms with van der Waals surface area (Å²) >= 11 is 0. The van der Waals surface area contributed by atoms with Crippen LogP contribution in [0.2, 0.25) is 0 Å². The fraction of sp³-hybridized carbons (Fsp3) is 0.609. The maximum Gasteiger partial charge on any atom is 0.220 e. The van der Waals surface area contributed by atoms with E-state index in [2.05, 4.69) is 87.2 Å². The number of hydrogen-bond acceptors (Lipinski definition) is 2. The lowest BCUT2D eigenvalue weighted by molar-refractivity contribution is -0.122. The van der Waals surface area contributed by atoms with E-state index in [1.807, 2.05) is 0 Å². The van der Waals surface area contributed by atoms with Crippen LogP contribution in [0.25, 0.3) is 10.9 Å². The number of hydrogen-bond donors (Lipinski definition) is 2. The molecule has 1 aromatic heterocycles. The first-order valence-corrected chi connectivity index (χ1v) is 10.2. The predicted molar refractivity (Wildman–Crippen MR) is 113 cm³/mol. The van der Waals surface area contributed by atoms with Gasteiger partial charge in [0.25, 0.3) is 0 Å². The summed E-state index contributed by atoms with van der Waals surface area (Å²) in [5.74, 6) is 0.162. The van der Waals surface area contributed by atoms with Crippen molar-refractivity contribution >= 4 is 16.8 Å². The Kier molecular flexibility index (Phi) is 5.40. The minimum absolute atomic E-state index is 0.0460. The predicted octanol–water partition coefficient (Wildman–Crippen LogP) is 4.58. The third kappa shape index (κ3) is 4.73. The van der Waals surface area contributed by atoms with E-state index >= 15 is 0 Å². The van der Waals surface area contributed by atoms with Crippen molar-refractivity contribution in [2.45, 2.75) is 90.4 Å². The lowest BCUT2D eigenvalue weighted by atomic mass is 9.79. The average molecular weight is 370 g/mol. The van der Waals surface area contributed by atoms with Gasteiger partial charge in [-0.3, -0.25) is 4.79 Å². The fourth-order valence-electron chi connectivity index (χ4n) is 4.88. The van der Waals surface area contributed by atoms with Gasteiger partial charge in [0, 0.05) is 46.7 Å². The van der Waals surface area contributed by atoms with Crippen LogP contribution in [0, 0.1) is 0 Å². The van der Waals surface area contributed by atoms with E-state index in [0.717, 1.165) is 19.3 Å². The number of nitrogens with zero attached hydrogens (tertiary/aromatic N) is 1. The molecule has 2 aromatic rings. The molecule has 1 saturated heterocycles. The maximum absolute atomic E-state index is 12.6. The number of carbonyl (C=O) groups is 1. The molecule has 148 valence electrons. The number of piperidine rings is 1. The van der Waals surface area contributed by atoms with Crippen LogP contribution in [0.5, 0.6) is 0 Å². The highest BCUT2D eigenvalue weighted by Gasteiger charge is 2.38.